The Morgan fingerprint density at radius 1 is 1.31 bits per heavy atom. The molecule has 0 unspecified atom stereocenters. The zero-order valence-corrected chi connectivity index (χ0v) is 9.48. The number of rotatable bonds is 3. The molecule has 0 heterocycles. The molecule has 16 heavy (non-hydrogen) atoms. The number of ether oxygens (including phenoxy) is 2. The molecule has 0 radical (unpaired) electrons. The SMILES string of the molecule is COC(=O)c1c(Cl)cc(OC(F)F)cc1Cl. The first-order valence-electron chi connectivity index (χ1n) is 3.98. The van der Waals surface area contributed by atoms with Crippen LogP contribution in [0.1, 0.15) is 10.4 Å². The standard InChI is InChI=1S/C9H6Cl2F2O3/c1-15-8(14)7-5(10)2-4(3-6(7)11)16-9(12)13/h2-3,9H,1H3. The smallest absolute Gasteiger partial charge is 0.387 e. The van der Waals surface area contributed by atoms with Crippen LogP contribution < -0.4 is 4.74 Å². The molecule has 0 fully saturated rings. The lowest BCUT2D eigenvalue weighted by Gasteiger charge is -2.09. The Balaban J connectivity index is 3.12. The summed E-state index contributed by atoms with van der Waals surface area (Å²) in [4.78, 5) is 11.2. The van der Waals surface area contributed by atoms with Crippen LogP contribution in [0.15, 0.2) is 12.1 Å². The maximum Gasteiger partial charge on any atom is 0.387 e. The molecule has 1 aromatic carbocycles. The van der Waals surface area contributed by atoms with E-state index in [0.29, 0.717) is 0 Å². The Hall–Kier alpha value is -1.07. The average molecular weight is 271 g/mol. The predicted octanol–water partition coefficient (Wildman–Crippen LogP) is 3.38. The van der Waals surface area contributed by atoms with E-state index in [1.807, 2.05) is 0 Å². The summed E-state index contributed by atoms with van der Waals surface area (Å²) in [5.41, 5.74) is -0.0903. The Kier molecular flexibility index (Phi) is 4.32. The van der Waals surface area contributed by atoms with Gasteiger partial charge in [0.05, 0.1) is 22.7 Å². The van der Waals surface area contributed by atoms with E-state index in [4.69, 9.17) is 23.2 Å². The van der Waals surface area contributed by atoms with Crippen LogP contribution in [-0.4, -0.2) is 19.7 Å². The van der Waals surface area contributed by atoms with Crippen LogP contribution in [-0.2, 0) is 4.74 Å². The molecule has 0 bridgehead atoms. The summed E-state index contributed by atoms with van der Waals surface area (Å²) in [5, 5.41) is -0.231. The molecule has 1 rings (SSSR count). The van der Waals surface area contributed by atoms with Gasteiger partial charge in [-0.05, 0) is 12.1 Å². The van der Waals surface area contributed by atoms with Crippen LogP contribution in [0.5, 0.6) is 5.75 Å². The highest BCUT2D eigenvalue weighted by molar-refractivity contribution is 6.39. The van der Waals surface area contributed by atoms with Gasteiger partial charge in [-0.2, -0.15) is 8.78 Å². The van der Waals surface area contributed by atoms with Gasteiger partial charge in [0, 0.05) is 0 Å². The van der Waals surface area contributed by atoms with E-state index in [1.54, 1.807) is 0 Å². The minimum absolute atomic E-state index is 0.0903. The first-order valence-corrected chi connectivity index (χ1v) is 4.73. The Bertz CT molecular complexity index is 387. The number of alkyl halides is 2. The van der Waals surface area contributed by atoms with Gasteiger partial charge in [-0.25, -0.2) is 4.79 Å². The molecule has 1 aromatic rings. The van der Waals surface area contributed by atoms with Crippen molar-refractivity contribution in [3.63, 3.8) is 0 Å². The molecular formula is C9H6Cl2F2O3. The Morgan fingerprint density at radius 2 is 1.81 bits per heavy atom. The number of halogens is 4. The molecule has 0 amide bonds. The van der Waals surface area contributed by atoms with Gasteiger partial charge in [0.2, 0.25) is 0 Å². The third-order valence-electron chi connectivity index (χ3n) is 1.63. The van der Waals surface area contributed by atoms with Gasteiger partial charge in [0.25, 0.3) is 0 Å². The number of methoxy groups -OCH3 is 1. The third-order valence-corrected chi connectivity index (χ3v) is 2.23. The fraction of sp³-hybridized carbons (Fsp3) is 0.222. The maximum atomic E-state index is 11.9. The van der Waals surface area contributed by atoms with Crippen LogP contribution >= 0.6 is 23.2 Å². The summed E-state index contributed by atoms with van der Waals surface area (Å²) in [7, 11) is 1.15. The van der Waals surface area contributed by atoms with E-state index in [1.165, 1.54) is 0 Å². The van der Waals surface area contributed by atoms with Gasteiger partial charge in [-0.15, -0.1) is 0 Å². The molecule has 0 aliphatic heterocycles. The van der Waals surface area contributed by atoms with E-state index in [0.717, 1.165) is 19.2 Å². The Morgan fingerprint density at radius 3 is 2.19 bits per heavy atom. The van der Waals surface area contributed by atoms with Crippen molar-refractivity contribution in [2.45, 2.75) is 6.61 Å². The lowest BCUT2D eigenvalue weighted by Crippen LogP contribution is -2.06. The number of benzene rings is 1. The molecule has 0 aromatic heterocycles. The van der Waals surface area contributed by atoms with Gasteiger partial charge < -0.3 is 9.47 Å². The van der Waals surface area contributed by atoms with Gasteiger partial charge in [0.15, 0.2) is 0 Å². The van der Waals surface area contributed by atoms with Gasteiger partial charge in [0.1, 0.15) is 5.75 Å². The van der Waals surface area contributed by atoms with E-state index in [-0.39, 0.29) is 21.4 Å². The molecule has 88 valence electrons. The van der Waals surface area contributed by atoms with Gasteiger partial charge >= 0.3 is 12.6 Å². The van der Waals surface area contributed by atoms with Crippen LogP contribution in [0.4, 0.5) is 8.78 Å². The lowest BCUT2D eigenvalue weighted by molar-refractivity contribution is -0.0498. The summed E-state index contributed by atoms with van der Waals surface area (Å²) in [6.45, 7) is -2.99. The molecule has 0 aliphatic rings. The summed E-state index contributed by atoms with van der Waals surface area (Å²) < 4.78 is 32.3. The minimum Gasteiger partial charge on any atom is -0.465 e. The maximum absolute atomic E-state index is 11.9. The minimum atomic E-state index is -2.99. The largest absolute Gasteiger partial charge is 0.465 e. The van der Waals surface area contributed by atoms with E-state index in [9.17, 15) is 13.6 Å². The van der Waals surface area contributed by atoms with Crippen LogP contribution in [0.25, 0.3) is 0 Å². The molecule has 0 saturated carbocycles. The molecular weight excluding hydrogens is 265 g/mol. The quantitative estimate of drug-likeness (QED) is 0.790. The predicted molar refractivity (Wildman–Crippen MR) is 54.4 cm³/mol. The van der Waals surface area contributed by atoms with E-state index in [2.05, 4.69) is 9.47 Å². The molecule has 0 aliphatic carbocycles. The number of hydrogen-bond acceptors (Lipinski definition) is 3. The molecule has 0 atom stereocenters. The van der Waals surface area contributed by atoms with Crippen molar-refractivity contribution in [3.05, 3.63) is 27.7 Å². The first-order chi connectivity index (χ1) is 7.45. The fourth-order valence-electron chi connectivity index (χ4n) is 1.02. The van der Waals surface area contributed by atoms with Crippen LogP contribution in [0.2, 0.25) is 10.0 Å². The number of hydrogen-bond donors (Lipinski definition) is 0. The summed E-state index contributed by atoms with van der Waals surface area (Å²) in [5.74, 6) is -0.976. The summed E-state index contributed by atoms with van der Waals surface area (Å²) in [6, 6.07) is 2.12. The zero-order chi connectivity index (χ0) is 12.3. The van der Waals surface area contributed by atoms with Crippen molar-refractivity contribution in [2.24, 2.45) is 0 Å². The molecule has 0 N–H and O–H groups in total. The highest BCUT2D eigenvalue weighted by atomic mass is 35.5. The van der Waals surface area contributed by atoms with Crippen molar-refractivity contribution in [1.29, 1.82) is 0 Å². The van der Waals surface area contributed by atoms with E-state index >= 15 is 0 Å². The molecule has 0 spiro atoms. The second-order valence-electron chi connectivity index (χ2n) is 2.63. The monoisotopic (exact) mass is 270 g/mol. The third kappa shape index (κ3) is 2.96. The highest BCUT2D eigenvalue weighted by Gasteiger charge is 2.18. The summed E-state index contributed by atoms with van der Waals surface area (Å²) >= 11 is 11.4. The van der Waals surface area contributed by atoms with Crippen LogP contribution in [0.3, 0.4) is 0 Å². The fourth-order valence-corrected chi connectivity index (χ4v) is 1.64. The molecule has 3 nitrogen and oxygen atoms in total. The van der Waals surface area contributed by atoms with E-state index < -0.39 is 12.6 Å². The van der Waals surface area contributed by atoms with Crippen molar-refractivity contribution in [3.8, 4) is 5.75 Å². The second kappa shape index (κ2) is 5.32. The van der Waals surface area contributed by atoms with Crippen molar-refractivity contribution in [2.75, 3.05) is 7.11 Å². The average Bonchev–Trinajstić information content (AvgIpc) is 2.15. The zero-order valence-electron chi connectivity index (χ0n) is 7.97. The van der Waals surface area contributed by atoms with Crippen molar-refractivity contribution < 1.29 is 23.0 Å². The summed E-state index contributed by atoms with van der Waals surface area (Å²) in [6.07, 6.45) is 0. The second-order valence-corrected chi connectivity index (χ2v) is 3.45. The topological polar surface area (TPSA) is 35.5 Å². The van der Waals surface area contributed by atoms with Gasteiger partial charge in [-0.3, -0.25) is 0 Å². The Labute approximate surface area is 99.9 Å². The highest BCUT2D eigenvalue weighted by Crippen LogP contribution is 2.31. The first kappa shape index (κ1) is 13.0. The normalized spacial score (nSPS) is 10.4. The lowest BCUT2D eigenvalue weighted by atomic mass is 10.2. The van der Waals surface area contributed by atoms with Gasteiger partial charge in [-0.1, -0.05) is 23.2 Å². The number of carbonyl (C=O) groups is 1. The van der Waals surface area contributed by atoms with Crippen molar-refractivity contribution in [1.82, 2.24) is 0 Å². The molecule has 0 saturated heterocycles. The van der Waals surface area contributed by atoms with Crippen molar-refractivity contribution >= 4 is 29.2 Å². The van der Waals surface area contributed by atoms with Crippen LogP contribution in [0, 0.1) is 0 Å². The number of carbonyl (C=O) groups excluding carboxylic acids is 1. The number of esters is 1. The molecule has 7 heteroatoms.